The highest BCUT2D eigenvalue weighted by Crippen LogP contribution is 2.15. The molecule has 0 aliphatic carbocycles. The van der Waals surface area contributed by atoms with Crippen LogP contribution in [0.2, 0.25) is 0 Å². The minimum Gasteiger partial charge on any atom is -0.380 e. The van der Waals surface area contributed by atoms with E-state index in [0.717, 1.165) is 25.9 Å². The normalized spacial score (nSPS) is 25.2. The van der Waals surface area contributed by atoms with Crippen molar-refractivity contribution >= 4 is 0 Å². The average Bonchev–Trinajstić information content (AvgIpc) is 2.39. The fraction of sp³-hybridized carbons (Fsp3) is 0.923. The number of hydrogen-bond donors (Lipinski definition) is 1. The van der Waals surface area contributed by atoms with Gasteiger partial charge >= 0.3 is 0 Å². The molecule has 17 heavy (non-hydrogen) atoms. The van der Waals surface area contributed by atoms with E-state index in [1.807, 2.05) is 14.0 Å². The molecule has 0 aromatic carbocycles. The number of nitrogens with one attached hydrogen (secondary N) is 1. The fourth-order valence-electron chi connectivity index (χ4n) is 2.30. The molecular weight excluding hydrogens is 214 g/mol. The molecule has 1 aliphatic rings. The molecular formula is C13H25N3O. The molecule has 4 heteroatoms. The topological polar surface area (TPSA) is 48.3 Å². The number of nitrogens with zero attached hydrogens (tertiary/aromatic N) is 2. The molecule has 0 radical (unpaired) electrons. The number of nitriles is 1. The van der Waals surface area contributed by atoms with Gasteiger partial charge in [-0.25, -0.2) is 0 Å². The van der Waals surface area contributed by atoms with E-state index in [1.54, 1.807) is 7.11 Å². The molecule has 0 aromatic heterocycles. The van der Waals surface area contributed by atoms with E-state index in [0.29, 0.717) is 6.10 Å². The van der Waals surface area contributed by atoms with Gasteiger partial charge in [0.05, 0.1) is 12.2 Å². The van der Waals surface area contributed by atoms with Crippen molar-refractivity contribution in [2.75, 3.05) is 33.8 Å². The van der Waals surface area contributed by atoms with Crippen LogP contribution in [0.25, 0.3) is 0 Å². The molecule has 2 atom stereocenters. The zero-order valence-corrected chi connectivity index (χ0v) is 11.3. The summed E-state index contributed by atoms with van der Waals surface area (Å²) in [4.78, 5) is 2.45. The van der Waals surface area contributed by atoms with Gasteiger partial charge in [0.1, 0.15) is 5.54 Å². The lowest BCUT2D eigenvalue weighted by molar-refractivity contribution is 0.0305. The van der Waals surface area contributed by atoms with Crippen LogP contribution in [-0.4, -0.2) is 50.3 Å². The largest absolute Gasteiger partial charge is 0.380 e. The number of ether oxygens (including phenoxy) is 1. The second-order valence-corrected chi connectivity index (χ2v) is 5.10. The second-order valence-electron chi connectivity index (χ2n) is 5.10. The zero-order chi connectivity index (χ0) is 12.7. The van der Waals surface area contributed by atoms with Gasteiger partial charge in [-0.15, -0.1) is 0 Å². The minimum atomic E-state index is -0.379. The van der Waals surface area contributed by atoms with Gasteiger partial charge in [0.15, 0.2) is 0 Å². The molecule has 1 aliphatic heterocycles. The van der Waals surface area contributed by atoms with E-state index in [1.165, 1.54) is 19.4 Å². The number of piperidine rings is 1. The standard InChI is InChI=1S/C13H25N3O/c1-13(11-14,15-2)7-5-9-16-8-4-6-12(10-16)17-3/h12,15H,4-10H2,1-3H3. The Morgan fingerprint density at radius 2 is 2.35 bits per heavy atom. The van der Waals surface area contributed by atoms with Crippen LogP contribution >= 0.6 is 0 Å². The molecule has 1 fully saturated rings. The summed E-state index contributed by atoms with van der Waals surface area (Å²) in [5.41, 5.74) is -0.379. The summed E-state index contributed by atoms with van der Waals surface area (Å²) in [6, 6.07) is 2.33. The van der Waals surface area contributed by atoms with Crippen LogP contribution in [0.1, 0.15) is 32.6 Å². The third kappa shape index (κ3) is 4.63. The van der Waals surface area contributed by atoms with Gasteiger partial charge < -0.3 is 15.0 Å². The van der Waals surface area contributed by atoms with Crippen molar-refractivity contribution in [2.45, 2.75) is 44.2 Å². The maximum Gasteiger partial charge on any atom is 0.103 e. The molecule has 1 saturated heterocycles. The van der Waals surface area contributed by atoms with Gasteiger partial charge in [0.25, 0.3) is 0 Å². The van der Waals surface area contributed by atoms with Crippen LogP contribution in [0.4, 0.5) is 0 Å². The smallest absolute Gasteiger partial charge is 0.103 e. The number of hydrogen-bond acceptors (Lipinski definition) is 4. The van der Waals surface area contributed by atoms with Crippen molar-refractivity contribution in [1.82, 2.24) is 10.2 Å². The van der Waals surface area contributed by atoms with Crippen molar-refractivity contribution in [1.29, 1.82) is 5.26 Å². The fourth-order valence-corrected chi connectivity index (χ4v) is 2.30. The average molecular weight is 239 g/mol. The summed E-state index contributed by atoms with van der Waals surface area (Å²) in [5.74, 6) is 0. The third-order valence-electron chi connectivity index (χ3n) is 3.75. The molecule has 4 nitrogen and oxygen atoms in total. The molecule has 0 saturated carbocycles. The quantitative estimate of drug-likeness (QED) is 0.761. The summed E-state index contributed by atoms with van der Waals surface area (Å²) in [7, 11) is 3.65. The van der Waals surface area contributed by atoms with Crippen molar-refractivity contribution < 1.29 is 4.74 Å². The van der Waals surface area contributed by atoms with Crippen LogP contribution in [0, 0.1) is 11.3 Å². The first-order valence-electron chi connectivity index (χ1n) is 6.49. The lowest BCUT2D eigenvalue weighted by Gasteiger charge is -2.32. The van der Waals surface area contributed by atoms with Gasteiger partial charge in [-0.2, -0.15) is 5.26 Å². The summed E-state index contributed by atoms with van der Waals surface area (Å²) in [5, 5.41) is 12.1. The molecule has 2 unspecified atom stereocenters. The lowest BCUT2D eigenvalue weighted by atomic mass is 9.97. The van der Waals surface area contributed by atoms with Gasteiger partial charge in [0, 0.05) is 13.7 Å². The van der Waals surface area contributed by atoms with Crippen molar-refractivity contribution in [3.8, 4) is 6.07 Å². The Balaban J connectivity index is 2.24. The molecule has 0 amide bonds. The second kappa shape index (κ2) is 6.95. The third-order valence-corrected chi connectivity index (χ3v) is 3.75. The van der Waals surface area contributed by atoms with Gasteiger partial charge in [-0.3, -0.25) is 0 Å². The minimum absolute atomic E-state index is 0.379. The van der Waals surface area contributed by atoms with E-state index in [-0.39, 0.29) is 5.54 Å². The Bertz CT molecular complexity index is 264. The highest BCUT2D eigenvalue weighted by atomic mass is 16.5. The van der Waals surface area contributed by atoms with Gasteiger partial charge in [-0.05, 0) is 52.7 Å². The number of methoxy groups -OCH3 is 1. The first-order chi connectivity index (χ1) is 8.13. The molecule has 0 aromatic rings. The first kappa shape index (κ1) is 14.4. The lowest BCUT2D eigenvalue weighted by Crippen LogP contribution is -2.42. The molecule has 1 N–H and O–H groups in total. The Morgan fingerprint density at radius 3 is 2.94 bits per heavy atom. The Kier molecular flexibility index (Phi) is 5.90. The van der Waals surface area contributed by atoms with E-state index < -0.39 is 0 Å². The predicted molar refractivity (Wildman–Crippen MR) is 68.8 cm³/mol. The van der Waals surface area contributed by atoms with Gasteiger partial charge in [0.2, 0.25) is 0 Å². The number of likely N-dealkylation sites (tertiary alicyclic amines) is 1. The highest BCUT2D eigenvalue weighted by molar-refractivity contribution is 5.02. The van der Waals surface area contributed by atoms with Crippen LogP contribution in [0.15, 0.2) is 0 Å². The van der Waals surface area contributed by atoms with Gasteiger partial charge in [-0.1, -0.05) is 0 Å². The van der Waals surface area contributed by atoms with Crippen molar-refractivity contribution in [3.63, 3.8) is 0 Å². The molecule has 0 spiro atoms. The maximum atomic E-state index is 9.06. The van der Waals surface area contributed by atoms with Crippen LogP contribution < -0.4 is 5.32 Å². The Hall–Kier alpha value is -0.630. The maximum absolute atomic E-state index is 9.06. The summed E-state index contributed by atoms with van der Waals surface area (Å²) >= 11 is 0. The Morgan fingerprint density at radius 1 is 1.59 bits per heavy atom. The summed E-state index contributed by atoms with van der Waals surface area (Å²) in [6.07, 6.45) is 4.75. The van der Waals surface area contributed by atoms with Crippen LogP contribution in [0.3, 0.4) is 0 Å². The first-order valence-corrected chi connectivity index (χ1v) is 6.49. The van der Waals surface area contributed by atoms with E-state index in [9.17, 15) is 0 Å². The van der Waals surface area contributed by atoms with E-state index in [2.05, 4.69) is 16.3 Å². The van der Waals surface area contributed by atoms with E-state index in [4.69, 9.17) is 10.00 Å². The molecule has 1 rings (SSSR count). The predicted octanol–water partition coefficient (Wildman–Crippen LogP) is 1.38. The molecule has 0 bridgehead atoms. The molecule has 1 heterocycles. The Labute approximate surface area is 105 Å². The number of rotatable bonds is 6. The highest BCUT2D eigenvalue weighted by Gasteiger charge is 2.22. The van der Waals surface area contributed by atoms with Crippen LogP contribution in [-0.2, 0) is 4.74 Å². The summed E-state index contributed by atoms with van der Waals surface area (Å²) in [6.45, 7) is 5.24. The monoisotopic (exact) mass is 239 g/mol. The summed E-state index contributed by atoms with van der Waals surface area (Å²) < 4.78 is 5.40. The van der Waals surface area contributed by atoms with E-state index >= 15 is 0 Å². The molecule has 98 valence electrons. The zero-order valence-electron chi connectivity index (χ0n) is 11.3. The van der Waals surface area contributed by atoms with Crippen LogP contribution in [0.5, 0.6) is 0 Å². The van der Waals surface area contributed by atoms with Crippen molar-refractivity contribution in [2.24, 2.45) is 0 Å². The SMILES string of the molecule is CNC(C)(C#N)CCCN1CCCC(OC)C1. The van der Waals surface area contributed by atoms with Crippen molar-refractivity contribution in [3.05, 3.63) is 0 Å².